The molecule has 1 unspecified atom stereocenters. The number of nitrogens with zero attached hydrogens (tertiary/aromatic N) is 2. The molecule has 0 radical (unpaired) electrons. The Bertz CT molecular complexity index is 1040. The Balaban J connectivity index is 1.71. The van der Waals surface area contributed by atoms with Crippen LogP contribution in [0.15, 0.2) is 40.1 Å². The molecule has 2 heterocycles. The standard InChI is InChI=1S/C16H13ClN4O2S4/c1-8(13(23)19-14-11(12(18)22)6-7-25-14)26-15-20-21(16(24)27-15)10-4-2-9(17)3-5-10/h2-8H,1H3,(H2,18,22)(H,19,23). The van der Waals surface area contributed by atoms with Crippen LogP contribution in [0.2, 0.25) is 5.02 Å². The summed E-state index contributed by atoms with van der Waals surface area (Å²) in [5, 5.41) is 9.55. The highest BCUT2D eigenvalue weighted by molar-refractivity contribution is 8.02. The van der Waals surface area contributed by atoms with Crippen LogP contribution in [-0.4, -0.2) is 26.8 Å². The third-order valence-electron chi connectivity index (χ3n) is 3.41. The first kappa shape index (κ1) is 20.0. The van der Waals surface area contributed by atoms with Gasteiger partial charge in [-0.25, -0.2) is 4.68 Å². The number of hydrogen-bond donors (Lipinski definition) is 2. The van der Waals surface area contributed by atoms with Crippen molar-refractivity contribution in [2.45, 2.75) is 16.5 Å². The lowest BCUT2D eigenvalue weighted by molar-refractivity contribution is -0.115. The fraction of sp³-hybridized carbons (Fsp3) is 0.125. The molecule has 2 amide bonds. The minimum Gasteiger partial charge on any atom is -0.366 e. The molecule has 0 bridgehead atoms. The van der Waals surface area contributed by atoms with Gasteiger partial charge in [0.2, 0.25) is 5.91 Å². The topological polar surface area (TPSA) is 90.0 Å². The molecule has 6 nitrogen and oxygen atoms in total. The zero-order chi connectivity index (χ0) is 19.6. The van der Waals surface area contributed by atoms with Crippen LogP contribution in [0.1, 0.15) is 17.3 Å². The number of benzene rings is 1. The summed E-state index contributed by atoms with van der Waals surface area (Å²) in [5.74, 6) is -0.823. The van der Waals surface area contributed by atoms with E-state index in [0.29, 0.717) is 23.9 Å². The van der Waals surface area contributed by atoms with Gasteiger partial charge >= 0.3 is 0 Å². The van der Waals surface area contributed by atoms with Crippen molar-refractivity contribution in [1.29, 1.82) is 0 Å². The first-order valence-electron chi connectivity index (χ1n) is 7.56. The average molecular weight is 457 g/mol. The minimum atomic E-state index is -0.577. The van der Waals surface area contributed by atoms with Gasteiger partial charge in [0.05, 0.1) is 16.5 Å². The molecule has 11 heteroatoms. The summed E-state index contributed by atoms with van der Waals surface area (Å²) in [5.41, 5.74) is 6.40. The number of nitrogens with one attached hydrogen (secondary N) is 1. The summed E-state index contributed by atoms with van der Waals surface area (Å²) < 4.78 is 2.87. The summed E-state index contributed by atoms with van der Waals surface area (Å²) in [6, 6.07) is 8.76. The Morgan fingerprint density at radius 2 is 2.04 bits per heavy atom. The quantitative estimate of drug-likeness (QED) is 0.418. The molecule has 0 fully saturated rings. The van der Waals surface area contributed by atoms with Crippen molar-refractivity contribution in [1.82, 2.24) is 9.78 Å². The van der Waals surface area contributed by atoms with E-state index in [0.717, 1.165) is 5.69 Å². The van der Waals surface area contributed by atoms with E-state index in [4.69, 9.17) is 29.6 Å². The Hall–Kier alpha value is -1.72. The SMILES string of the molecule is CC(Sc1nn(-c2ccc(Cl)cc2)c(=S)s1)C(=O)Nc1sccc1C(N)=O. The van der Waals surface area contributed by atoms with E-state index in [2.05, 4.69) is 10.4 Å². The van der Waals surface area contributed by atoms with Crippen LogP contribution < -0.4 is 11.1 Å². The predicted octanol–water partition coefficient (Wildman–Crippen LogP) is 4.60. The van der Waals surface area contributed by atoms with E-state index < -0.39 is 11.2 Å². The van der Waals surface area contributed by atoms with Gasteiger partial charge in [-0.2, -0.15) is 0 Å². The minimum absolute atomic E-state index is 0.246. The van der Waals surface area contributed by atoms with Gasteiger partial charge < -0.3 is 11.1 Å². The van der Waals surface area contributed by atoms with Crippen molar-refractivity contribution >= 4 is 75.1 Å². The van der Waals surface area contributed by atoms with Crippen molar-refractivity contribution in [3.8, 4) is 5.69 Å². The molecule has 27 heavy (non-hydrogen) atoms. The molecule has 0 spiro atoms. The summed E-state index contributed by atoms with van der Waals surface area (Å²) in [6.07, 6.45) is 0. The highest BCUT2D eigenvalue weighted by atomic mass is 35.5. The van der Waals surface area contributed by atoms with Gasteiger partial charge in [-0.15, -0.1) is 16.4 Å². The molecule has 3 aromatic rings. The number of primary amides is 1. The van der Waals surface area contributed by atoms with Crippen LogP contribution in [0, 0.1) is 3.95 Å². The van der Waals surface area contributed by atoms with Gasteiger partial charge in [0.25, 0.3) is 5.91 Å². The number of rotatable bonds is 6. The number of thioether (sulfide) groups is 1. The van der Waals surface area contributed by atoms with Crippen molar-refractivity contribution in [3.05, 3.63) is 50.3 Å². The van der Waals surface area contributed by atoms with Gasteiger partial charge in [-0.05, 0) is 54.9 Å². The first-order valence-corrected chi connectivity index (χ1v) is 10.9. The molecule has 0 aliphatic rings. The van der Waals surface area contributed by atoms with Crippen LogP contribution in [0.3, 0.4) is 0 Å². The Kier molecular flexibility index (Phi) is 6.33. The van der Waals surface area contributed by atoms with Crippen LogP contribution >= 0.6 is 58.3 Å². The van der Waals surface area contributed by atoms with Gasteiger partial charge in [0, 0.05) is 5.02 Å². The molecule has 0 saturated heterocycles. The zero-order valence-corrected chi connectivity index (χ0v) is 17.9. The lowest BCUT2D eigenvalue weighted by Crippen LogP contribution is -2.23. The van der Waals surface area contributed by atoms with Crippen molar-refractivity contribution in [2.75, 3.05) is 5.32 Å². The predicted molar refractivity (Wildman–Crippen MR) is 114 cm³/mol. The van der Waals surface area contributed by atoms with Crippen LogP contribution in [0.4, 0.5) is 5.00 Å². The number of carbonyl (C=O) groups excluding carboxylic acids is 2. The lowest BCUT2D eigenvalue weighted by Gasteiger charge is -2.09. The number of nitrogens with two attached hydrogens (primary N) is 1. The van der Waals surface area contributed by atoms with Gasteiger partial charge in [0.1, 0.15) is 5.00 Å². The molecule has 1 atom stereocenters. The third kappa shape index (κ3) is 4.77. The average Bonchev–Trinajstić information content (AvgIpc) is 3.22. The number of hydrogen-bond acceptors (Lipinski definition) is 7. The fourth-order valence-corrected chi connectivity index (χ4v) is 5.50. The van der Waals surface area contributed by atoms with Crippen LogP contribution in [0.25, 0.3) is 5.69 Å². The molecule has 3 rings (SSSR count). The maximum Gasteiger partial charge on any atom is 0.251 e. The highest BCUT2D eigenvalue weighted by Crippen LogP contribution is 2.30. The van der Waals surface area contributed by atoms with Crippen molar-refractivity contribution < 1.29 is 9.59 Å². The normalized spacial score (nSPS) is 11.9. The number of carbonyl (C=O) groups is 2. The lowest BCUT2D eigenvalue weighted by atomic mass is 10.3. The van der Waals surface area contributed by atoms with Crippen LogP contribution in [-0.2, 0) is 4.79 Å². The van der Waals surface area contributed by atoms with E-state index in [1.54, 1.807) is 35.2 Å². The van der Waals surface area contributed by atoms with Gasteiger partial charge in [0.15, 0.2) is 8.29 Å². The summed E-state index contributed by atoms with van der Waals surface area (Å²) in [7, 11) is 0. The Labute approximate surface area is 177 Å². The maximum atomic E-state index is 12.4. The fourth-order valence-electron chi connectivity index (χ4n) is 2.07. The molecule has 3 N–H and O–H groups in total. The molecular weight excluding hydrogens is 444 g/mol. The van der Waals surface area contributed by atoms with E-state index in [1.807, 2.05) is 12.1 Å². The molecule has 0 aliphatic heterocycles. The smallest absolute Gasteiger partial charge is 0.251 e. The molecule has 2 aromatic heterocycles. The number of amides is 2. The molecule has 0 saturated carbocycles. The largest absolute Gasteiger partial charge is 0.366 e. The monoisotopic (exact) mass is 456 g/mol. The second-order valence-corrected chi connectivity index (χ2v) is 9.86. The van der Waals surface area contributed by atoms with E-state index in [9.17, 15) is 9.59 Å². The molecular formula is C16H13ClN4O2S4. The summed E-state index contributed by atoms with van der Waals surface area (Å²) >= 11 is 15.1. The van der Waals surface area contributed by atoms with Crippen molar-refractivity contribution in [2.24, 2.45) is 5.73 Å². The number of thiophene rings is 1. The molecule has 0 aliphatic carbocycles. The van der Waals surface area contributed by atoms with Gasteiger partial charge in [-0.3, -0.25) is 9.59 Å². The number of aromatic nitrogens is 2. The number of halogens is 1. The Morgan fingerprint density at radius 1 is 1.33 bits per heavy atom. The maximum absolute atomic E-state index is 12.4. The zero-order valence-electron chi connectivity index (χ0n) is 13.8. The third-order valence-corrected chi connectivity index (χ3v) is 6.91. The first-order chi connectivity index (χ1) is 12.8. The molecule has 140 valence electrons. The van der Waals surface area contributed by atoms with Crippen LogP contribution in [0.5, 0.6) is 0 Å². The van der Waals surface area contributed by atoms with E-state index in [-0.39, 0.29) is 5.91 Å². The van der Waals surface area contributed by atoms with E-state index >= 15 is 0 Å². The van der Waals surface area contributed by atoms with Crippen molar-refractivity contribution in [3.63, 3.8) is 0 Å². The second kappa shape index (κ2) is 8.53. The highest BCUT2D eigenvalue weighted by Gasteiger charge is 2.20. The molecule has 1 aromatic carbocycles. The Morgan fingerprint density at radius 3 is 2.70 bits per heavy atom. The second-order valence-electron chi connectivity index (χ2n) is 5.30. The number of anilines is 1. The van der Waals surface area contributed by atoms with Gasteiger partial charge in [-0.1, -0.05) is 34.7 Å². The summed E-state index contributed by atoms with van der Waals surface area (Å²) in [4.78, 5) is 23.8. The summed E-state index contributed by atoms with van der Waals surface area (Å²) in [6.45, 7) is 1.76. The van der Waals surface area contributed by atoms with E-state index in [1.165, 1.54) is 34.4 Å².